The zero-order chi connectivity index (χ0) is 15.6. The molecular formula is C17H25N3O2. The van der Waals surface area contributed by atoms with Crippen molar-refractivity contribution >= 4 is 6.03 Å². The molecule has 5 nitrogen and oxygen atoms in total. The van der Waals surface area contributed by atoms with Crippen LogP contribution in [-0.4, -0.2) is 50.3 Å². The van der Waals surface area contributed by atoms with E-state index in [4.69, 9.17) is 4.74 Å². The SMILES string of the molecule is COc1cccc(C2(CNC(=O)N3CCNC[C@@H]3C)CC2)c1. The first-order valence-corrected chi connectivity index (χ1v) is 8.04. The highest BCUT2D eigenvalue weighted by molar-refractivity contribution is 5.75. The molecule has 1 heterocycles. The van der Waals surface area contributed by atoms with Crippen molar-refractivity contribution in [3.8, 4) is 5.75 Å². The number of carbonyl (C=O) groups is 1. The lowest BCUT2D eigenvalue weighted by molar-refractivity contribution is 0.164. The molecule has 1 aromatic carbocycles. The van der Waals surface area contributed by atoms with E-state index >= 15 is 0 Å². The number of methoxy groups -OCH3 is 1. The Balaban J connectivity index is 1.61. The van der Waals surface area contributed by atoms with Crippen LogP contribution in [0.5, 0.6) is 5.75 Å². The van der Waals surface area contributed by atoms with E-state index in [1.54, 1.807) is 7.11 Å². The third-order valence-electron chi connectivity index (χ3n) is 4.88. The van der Waals surface area contributed by atoms with Crippen molar-refractivity contribution in [2.24, 2.45) is 0 Å². The summed E-state index contributed by atoms with van der Waals surface area (Å²) in [6.07, 6.45) is 2.25. The van der Waals surface area contributed by atoms with Gasteiger partial charge in [-0.05, 0) is 37.5 Å². The van der Waals surface area contributed by atoms with Gasteiger partial charge in [0.15, 0.2) is 0 Å². The average molecular weight is 303 g/mol. The highest BCUT2D eigenvalue weighted by Gasteiger charge is 2.44. The number of benzene rings is 1. The van der Waals surface area contributed by atoms with Crippen LogP contribution in [0.3, 0.4) is 0 Å². The molecule has 0 spiro atoms. The van der Waals surface area contributed by atoms with Crippen LogP contribution < -0.4 is 15.4 Å². The van der Waals surface area contributed by atoms with Gasteiger partial charge in [0, 0.05) is 37.6 Å². The minimum Gasteiger partial charge on any atom is -0.497 e. The zero-order valence-electron chi connectivity index (χ0n) is 13.4. The van der Waals surface area contributed by atoms with Gasteiger partial charge in [-0.2, -0.15) is 0 Å². The van der Waals surface area contributed by atoms with Gasteiger partial charge in [-0.3, -0.25) is 0 Å². The van der Waals surface area contributed by atoms with Crippen LogP contribution in [0.2, 0.25) is 0 Å². The Labute approximate surface area is 132 Å². The molecule has 1 atom stereocenters. The largest absolute Gasteiger partial charge is 0.497 e. The van der Waals surface area contributed by atoms with Crippen molar-refractivity contribution in [3.05, 3.63) is 29.8 Å². The maximum Gasteiger partial charge on any atom is 0.317 e. The molecule has 2 N–H and O–H groups in total. The molecule has 0 radical (unpaired) electrons. The Kier molecular flexibility index (Phi) is 4.25. The summed E-state index contributed by atoms with van der Waals surface area (Å²) < 4.78 is 5.31. The van der Waals surface area contributed by atoms with Gasteiger partial charge in [0.1, 0.15) is 5.75 Å². The van der Waals surface area contributed by atoms with Gasteiger partial charge < -0.3 is 20.3 Å². The molecular weight excluding hydrogens is 278 g/mol. The fraction of sp³-hybridized carbons (Fsp3) is 0.588. The van der Waals surface area contributed by atoms with E-state index in [2.05, 4.69) is 29.7 Å². The molecule has 2 fully saturated rings. The van der Waals surface area contributed by atoms with Crippen molar-refractivity contribution in [1.82, 2.24) is 15.5 Å². The van der Waals surface area contributed by atoms with Crippen molar-refractivity contribution in [2.75, 3.05) is 33.3 Å². The van der Waals surface area contributed by atoms with Gasteiger partial charge in [-0.25, -0.2) is 4.79 Å². The van der Waals surface area contributed by atoms with Crippen molar-refractivity contribution in [2.45, 2.75) is 31.2 Å². The molecule has 2 amide bonds. The third-order valence-corrected chi connectivity index (χ3v) is 4.88. The second-order valence-electron chi connectivity index (χ2n) is 6.42. The lowest BCUT2D eigenvalue weighted by atomic mass is 9.96. The summed E-state index contributed by atoms with van der Waals surface area (Å²) in [5.74, 6) is 0.880. The van der Waals surface area contributed by atoms with E-state index in [9.17, 15) is 4.79 Å². The maximum absolute atomic E-state index is 12.4. The highest BCUT2D eigenvalue weighted by Crippen LogP contribution is 2.48. The number of hydrogen-bond acceptors (Lipinski definition) is 3. The van der Waals surface area contributed by atoms with E-state index < -0.39 is 0 Å². The first-order valence-electron chi connectivity index (χ1n) is 8.04. The van der Waals surface area contributed by atoms with Crippen LogP contribution >= 0.6 is 0 Å². The predicted octanol–water partition coefficient (Wildman–Crippen LogP) is 1.73. The Bertz CT molecular complexity index is 542. The van der Waals surface area contributed by atoms with E-state index in [0.29, 0.717) is 6.54 Å². The maximum atomic E-state index is 12.4. The molecule has 0 bridgehead atoms. The molecule has 0 unspecified atom stereocenters. The van der Waals surface area contributed by atoms with Crippen LogP contribution in [0.25, 0.3) is 0 Å². The second kappa shape index (κ2) is 6.16. The topological polar surface area (TPSA) is 53.6 Å². The molecule has 0 aromatic heterocycles. The molecule has 22 heavy (non-hydrogen) atoms. The van der Waals surface area contributed by atoms with Gasteiger partial charge in [-0.1, -0.05) is 12.1 Å². The lowest BCUT2D eigenvalue weighted by Gasteiger charge is -2.34. The third kappa shape index (κ3) is 3.04. The van der Waals surface area contributed by atoms with Crippen LogP contribution in [0, 0.1) is 0 Å². The number of amides is 2. The van der Waals surface area contributed by atoms with Crippen LogP contribution in [0.15, 0.2) is 24.3 Å². The summed E-state index contributed by atoms with van der Waals surface area (Å²) in [7, 11) is 1.69. The van der Waals surface area contributed by atoms with Crippen molar-refractivity contribution in [1.29, 1.82) is 0 Å². The molecule has 1 aliphatic heterocycles. The highest BCUT2D eigenvalue weighted by atomic mass is 16.5. The number of rotatable bonds is 4. The summed E-state index contributed by atoms with van der Waals surface area (Å²) in [6, 6.07) is 8.51. The molecule has 1 aromatic rings. The molecule has 1 saturated heterocycles. The normalized spacial score (nSPS) is 23.0. The molecule has 3 rings (SSSR count). The molecule has 1 aliphatic carbocycles. The average Bonchev–Trinajstić information content (AvgIpc) is 3.34. The van der Waals surface area contributed by atoms with Gasteiger partial charge in [0.05, 0.1) is 7.11 Å². The number of urea groups is 1. The van der Waals surface area contributed by atoms with Gasteiger partial charge in [0.2, 0.25) is 0 Å². The molecule has 5 heteroatoms. The molecule has 1 saturated carbocycles. The Morgan fingerprint density at radius 2 is 2.32 bits per heavy atom. The Morgan fingerprint density at radius 1 is 1.50 bits per heavy atom. The number of hydrogen-bond donors (Lipinski definition) is 2. The van der Waals surface area contributed by atoms with Crippen molar-refractivity contribution < 1.29 is 9.53 Å². The van der Waals surface area contributed by atoms with Crippen LogP contribution in [0.4, 0.5) is 4.79 Å². The minimum atomic E-state index is 0.0585. The lowest BCUT2D eigenvalue weighted by Crippen LogP contribution is -2.55. The zero-order valence-corrected chi connectivity index (χ0v) is 13.4. The summed E-state index contributed by atoms with van der Waals surface area (Å²) in [4.78, 5) is 14.3. The predicted molar refractivity (Wildman–Crippen MR) is 86.3 cm³/mol. The van der Waals surface area contributed by atoms with E-state index in [1.165, 1.54) is 5.56 Å². The van der Waals surface area contributed by atoms with Gasteiger partial charge in [-0.15, -0.1) is 0 Å². The fourth-order valence-corrected chi connectivity index (χ4v) is 3.16. The van der Waals surface area contributed by atoms with Gasteiger partial charge in [0.25, 0.3) is 0 Å². The molecule has 2 aliphatic rings. The number of carbonyl (C=O) groups excluding carboxylic acids is 1. The first-order chi connectivity index (χ1) is 10.6. The summed E-state index contributed by atoms with van der Waals surface area (Å²) in [5, 5.41) is 6.45. The van der Waals surface area contributed by atoms with E-state index in [0.717, 1.165) is 38.2 Å². The van der Waals surface area contributed by atoms with Gasteiger partial charge >= 0.3 is 6.03 Å². The van der Waals surface area contributed by atoms with Crippen LogP contribution in [-0.2, 0) is 5.41 Å². The quantitative estimate of drug-likeness (QED) is 0.891. The smallest absolute Gasteiger partial charge is 0.317 e. The Morgan fingerprint density at radius 3 is 3.00 bits per heavy atom. The summed E-state index contributed by atoms with van der Waals surface area (Å²) in [5.41, 5.74) is 1.36. The van der Waals surface area contributed by atoms with E-state index in [1.807, 2.05) is 17.0 Å². The van der Waals surface area contributed by atoms with E-state index in [-0.39, 0.29) is 17.5 Å². The first kappa shape index (κ1) is 15.2. The fourth-order valence-electron chi connectivity index (χ4n) is 3.16. The minimum absolute atomic E-state index is 0.0585. The monoisotopic (exact) mass is 303 g/mol. The number of nitrogens with one attached hydrogen (secondary N) is 2. The summed E-state index contributed by atoms with van der Waals surface area (Å²) >= 11 is 0. The van der Waals surface area contributed by atoms with Crippen LogP contribution in [0.1, 0.15) is 25.3 Å². The number of nitrogens with zero attached hydrogens (tertiary/aromatic N) is 1. The van der Waals surface area contributed by atoms with Crippen molar-refractivity contribution in [3.63, 3.8) is 0 Å². The number of piperazine rings is 1. The standard InChI is InChI=1S/C17H25N3O2/c1-13-11-18-8-9-20(13)16(21)19-12-17(6-7-17)14-4-3-5-15(10-14)22-2/h3-5,10,13,18H,6-9,11-12H2,1-2H3,(H,19,21)/t13-/m0/s1. The molecule has 120 valence electrons. The second-order valence-corrected chi connectivity index (χ2v) is 6.42. The summed E-state index contributed by atoms with van der Waals surface area (Å²) in [6.45, 7) is 5.31. The Hall–Kier alpha value is -1.75. The number of ether oxygens (including phenoxy) is 1.